The van der Waals surface area contributed by atoms with Crippen LogP contribution in [0.25, 0.3) is 0 Å². The molecule has 3 N–H and O–H groups in total. The van der Waals surface area contributed by atoms with Gasteiger partial charge in [0.05, 0.1) is 4.90 Å². The molecule has 2 heterocycles. The molecule has 3 aromatic rings. The number of aromatic amines is 1. The van der Waals surface area contributed by atoms with Gasteiger partial charge >= 0.3 is 0 Å². The lowest BCUT2D eigenvalue weighted by molar-refractivity contribution is 0.102. The van der Waals surface area contributed by atoms with Crippen LogP contribution in [-0.2, 0) is 10.0 Å². The molecule has 1 aliphatic rings. The molecule has 0 saturated heterocycles. The van der Waals surface area contributed by atoms with E-state index in [1.807, 2.05) is 0 Å². The van der Waals surface area contributed by atoms with Crippen molar-refractivity contribution in [3.05, 3.63) is 76.7 Å². The summed E-state index contributed by atoms with van der Waals surface area (Å²) in [4.78, 5) is 26.3. The number of rotatable bonds is 5. The van der Waals surface area contributed by atoms with Crippen molar-refractivity contribution in [1.82, 2.24) is 4.98 Å². The first-order valence-corrected chi connectivity index (χ1v) is 10.4. The van der Waals surface area contributed by atoms with Gasteiger partial charge in [-0.3, -0.25) is 14.3 Å². The summed E-state index contributed by atoms with van der Waals surface area (Å²) in [6, 6.07) is 13.4. The zero-order chi connectivity index (χ0) is 21.1. The molecule has 9 nitrogen and oxygen atoms in total. The van der Waals surface area contributed by atoms with Crippen molar-refractivity contribution in [3.63, 3.8) is 0 Å². The van der Waals surface area contributed by atoms with Gasteiger partial charge < -0.3 is 19.8 Å². The number of aromatic nitrogens is 1. The molecule has 30 heavy (non-hydrogen) atoms. The minimum atomic E-state index is -3.85. The minimum Gasteiger partial charge on any atom is -0.486 e. The van der Waals surface area contributed by atoms with Crippen molar-refractivity contribution in [2.45, 2.75) is 4.90 Å². The van der Waals surface area contributed by atoms with Crippen LogP contribution in [0.4, 0.5) is 11.4 Å². The Bertz CT molecular complexity index is 1250. The average Bonchev–Trinajstić information content (AvgIpc) is 2.75. The maximum atomic E-state index is 12.7. The molecule has 0 bridgehead atoms. The van der Waals surface area contributed by atoms with E-state index in [4.69, 9.17) is 9.47 Å². The third-order valence-electron chi connectivity index (χ3n) is 4.28. The summed E-state index contributed by atoms with van der Waals surface area (Å²) in [6.07, 6.45) is 1.43. The number of fused-ring (bicyclic) bond motifs is 1. The molecule has 0 aliphatic carbocycles. The highest BCUT2D eigenvalue weighted by Crippen LogP contribution is 2.32. The van der Waals surface area contributed by atoms with Gasteiger partial charge in [0.15, 0.2) is 11.5 Å². The molecule has 4 rings (SSSR count). The molecule has 1 aliphatic heterocycles. The molecule has 0 radical (unpaired) electrons. The summed E-state index contributed by atoms with van der Waals surface area (Å²) in [5.74, 6) is 0.303. The Morgan fingerprint density at radius 1 is 0.933 bits per heavy atom. The molecule has 2 aromatic carbocycles. The molecular weight excluding hydrogens is 410 g/mol. The van der Waals surface area contributed by atoms with E-state index in [9.17, 15) is 18.0 Å². The van der Waals surface area contributed by atoms with Gasteiger partial charge in [-0.05, 0) is 48.5 Å². The Morgan fingerprint density at radius 2 is 1.63 bits per heavy atom. The highest BCUT2D eigenvalue weighted by atomic mass is 32.2. The highest BCUT2D eigenvalue weighted by Gasteiger charge is 2.19. The fraction of sp³-hybridized carbons (Fsp3) is 0.100. The van der Waals surface area contributed by atoms with Crippen LogP contribution in [0.2, 0.25) is 0 Å². The van der Waals surface area contributed by atoms with Crippen molar-refractivity contribution >= 4 is 27.3 Å². The van der Waals surface area contributed by atoms with Crippen LogP contribution in [0.5, 0.6) is 11.5 Å². The second-order valence-corrected chi connectivity index (χ2v) is 8.04. The quantitative estimate of drug-likeness (QED) is 0.573. The van der Waals surface area contributed by atoms with Crippen molar-refractivity contribution in [2.24, 2.45) is 0 Å². The lowest BCUT2D eigenvalue weighted by Gasteiger charge is -2.19. The van der Waals surface area contributed by atoms with Crippen molar-refractivity contribution < 1.29 is 22.7 Å². The van der Waals surface area contributed by atoms with E-state index in [1.165, 1.54) is 48.7 Å². The van der Waals surface area contributed by atoms with Crippen molar-refractivity contribution in [1.29, 1.82) is 0 Å². The third-order valence-corrected chi connectivity index (χ3v) is 5.66. The lowest BCUT2D eigenvalue weighted by Crippen LogP contribution is -2.22. The van der Waals surface area contributed by atoms with Crippen LogP contribution >= 0.6 is 0 Å². The van der Waals surface area contributed by atoms with E-state index in [2.05, 4.69) is 15.0 Å². The number of ether oxygens (including phenoxy) is 2. The fourth-order valence-electron chi connectivity index (χ4n) is 2.83. The monoisotopic (exact) mass is 427 g/mol. The molecule has 0 saturated carbocycles. The Morgan fingerprint density at radius 3 is 2.37 bits per heavy atom. The number of sulfonamides is 1. The van der Waals surface area contributed by atoms with Crippen LogP contribution < -0.4 is 25.1 Å². The first-order valence-electron chi connectivity index (χ1n) is 8.94. The van der Waals surface area contributed by atoms with E-state index in [1.54, 1.807) is 12.1 Å². The Balaban J connectivity index is 1.47. The number of amides is 1. The van der Waals surface area contributed by atoms with E-state index in [0.29, 0.717) is 36.1 Å². The highest BCUT2D eigenvalue weighted by molar-refractivity contribution is 7.92. The SMILES string of the molecule is O=C(Nc1ccc(NS(=O)(=O)c2ccc3c(c2)OCCO3)cc1)c1ccc[nH]c1=O. The van der Waals surface area contributed by atoms with Gasteiger partial charge in [0.1, 0.15) is 18.8 Å². The average molecular weight is 427 g/mol. The van der Waals surface area contributed by atoms with Crippen LogP contribution in [0.15, 0.2) is 70.5 Å². The number of nitrogens with one attached hydrogen (secondary N) is 3. The lowest BCUT2D eigenvalue weighted by atomic mass is 10.2. The largest absolute Gasteiger partial charge is 0.486 e. The summed E-state index contributed by atoms with van der Waals surface area (Å²) in [7, 11) is -3.85. The number of hydrogen-bond donors (Lipinski definition) is 3. The van der Waals surface area contributed by atoms with E-state index < -0.39 is 21.5 Å². The molecule has 0 fully saturated rings. The molecule has 10 heteroatoms. The molecule has 0 atom stereocenters. The molecule has 1 aromatic heterocycles. The summed E-state index contributed by atoms with van der Waals surface area (Å²) < 4.78 is 38.6. The van der Waals surface area contributed by atoms with Crippen LogP contribution in [0, 0.1) is 0 Å². The Hall–Kier alpha value is -3.79. The number of carbonyl (C=O) groups excluding carboxylic acids is 1. The first kappa shape index (κ1) is 19.5. The maximum absolute atomic E-state index is 12.7. The summed E-state index contributed by atoms with van der Waals surface area (Å²) in [6.45, 7) is 0.769. The van der Waals surface area contributed by atoms with Crippen LogP contribution in [0.1, 0.15) is 10.4 Å². The number of carbonyl (C=O) groups is 1. The van der Waals surface area contributed by atoms with Gasteiger partial charge in [-0.15, -0.1) is 0 Å². The third kappa shape index (κ3) is 4.13. The van der Waals surface area contributed by atoms with Crippen molar-refractivity contribution in [2.75, 3.05) is 23.3 Å². The first-order chi connectivity index (χ1) is 14.4. The predicted octanol–water partition coefficient (Wildman–Crippen LogP) is 2.20. The number of anilines is 2. The zero-order valence-electron chi connectivity index (χ0n) is 15.5. The number of pyridine rings is 1. The Labute approximate surface area is 171 Å². The maximum Gasteiger partial charge on any atom is 0.262 e. The second-order valence-electron chi connectivity index (χ2n) is 6.36. The van der Waals surface area contributed by atoms with Gasteiger partial charge in [0.25, 0.3) is 21.5 Å². The molecular formula is C20H17N3O6S. The number of hydrogen-bond acceptors (Lipinski definition) is 6. The van der Waals surface area contributed by atoms with Gasteiger partial charge in [-0.2, -0.15) is 0 Å². The van der Waals surface area contributed by atoms with Gasteiger partial charge in [0, 0.05) is 23.6 Å². The second kappa shape index (κ2) is 7.91. The normalized spacial score (nSPS) is 12.8. The molecule has 1 amide bonds. The van der Waals surface area contributed by atoms with Gasteiger partial charge in [0.2, 0.25) is 0 Å². The predicted molar refractivity (Wildman–Crippen MR) is 110 cm³/mol. The van der Waals surface area contributed by atoms with Crippen molar-refractivity contribution in [3.8, 4) is 11.5 Å². The van der Waals surface area contributed by atoms with Crippen LogP contribution in [-0.4, -0.2) is 32.5 Å². The minimum absolute atomic E-state index is 0.0270. The van der Waals surface area contributed by atoms with E-state index in [0.717, 1.165) is 0 Å². The number of H-pyrrole nitrogens is 1. The van der Waals surface area contributed by atoms with Gasteiger partial charge in [-0.25, -0.2) is 8.42 Å². The molecule has 154 valence electrons. The zero-order valence-corrected chi connectivity index (χ0v) is 16.4. The summed E-state index contributed by atoms with van der Waals surface area (Å²) >= 11 is 0. The van der Waals surface area contributed by atoms with E-state index in [-0.39, 0.29) is 10.5 Å². The molecule has 0 spiro atoms. The topological polar surface area (TPSA) is 127 Å². The fourth-order valence-corrected chi connectivity index (χ4v) is 3.90. The standard InChI is InChI=1S/C20H17N3O6S/c24-19-16(2-1-9-21-19)20(25)22-13-3-5-14(6-4-13)23-30(26,27)15-7-8-17-18(12-15)29-11-10-28-17/h1-9,12,23H,10-11H2,(H,21,24)(H,22,25). The number of benzene rings is 2. The summed E-state index contributed by atoms with van der Waals surface area (Å²) in [5.41, 5.74) is 0.186. The van der Waals surface area contributed by atoms with E-state index >= 15 is 0 Å². The summed E-state index contributed by atoms with van der Waals surface area (Å²) in [5, 5.41) is 2.59. The molecule has 0 unspecified atom stereocenters. The van der Waals surface area contributed by atoms with Crippen LogP contribution in [0.3, 0.4) is 0 Å². The smallest absolute Gasteiger partial charge is 0.262 e. The van der Waals surface area contributed by atoms with Gasteiger partial charge in [-0.1, -0.05) is 0 Å². The Kier molecular flexibility index (Phi) is 5.15.